The Hall–Kier alpha value is -2.33. The van der Waals surface area contributed by atoms with Crippen molar-refractivity contribution in [3.63, 3.8) is 0 Å². The highest BCUT2D eigenvalue weighted by Gasteiger charge is 2.13. The summed E-state index contributed by atoms with van der Waals surface area (Å²) < 4.78 is 5.84. The molecule has 0 aliphatic carbocycles. The quantitative estimate of drug-likeness (QED) is 0.849. The fourth-order valence-corrected chi connectivity index (χ4v) is 2.64. The summed E-state index contributed by atoms with van der Waals surface area (Å²) >= 11 is 0. The van der Waals surface area contributed by atoms with Crippen LogP contribution in [0, 0.1) is 6.92 Å². The van der Waals surface area contributed by atoms with Crippen LogP contribution in [0.3, 0.4) is 0 Å². The molecule has 1 aliphatic heterocycles. The van der Waals surface area contributed by atoms with Gasteiger partial charge in [-0.3, -0.25) is 5.01 Å². The Labute approximate surface area is 144 Å². The average molecular weight is 324 g/mol. The van der Waals surface area contributed by atoms with Crippen molar-refractivity contribution in [3.8, 4) is 5.75 Å². The van der Waals surface area contributed by atoms with Gasteiger partial charge < -0.3 is 9.64 Å². The Morgan fingerprint density at radius 2 is 1.71 bits per heavy atom. The van der Waals surface area contributed by atoms with Gasteiger partial charge in [0, 0.05) is 0 Å². The Kier molecular flexibility index (Phi) is 5.49. The maximum atomic E-state index is 5.84. The van der Waals surface area contributed by atoms with E-state index in [-0.39, 0.29) is 0 Å². The van der Waals surface area contributed by atoms with Gasteiger partial charge in [-0.05, 0) is 42.3 Å². The van der Waals surface area contributed by atoms with E-state index >= 15 is 0 Å². The molecule has 4 nitrogen and oxygen atoms in total. The second kappa shape index (κ2) is 7.97. The number of benzene rings is 2. The molecule has 24 heavy (non-hydrogen) atoms. The number of hydrogen-bond donors (Lipinski definition) is 1. The highest BCUT2D eigenvalue weighted by Crippen LogP contribution is 2.14. The predicted molar refractivity (Wildman–Crippen MR) is 97.7 cm³/mol. The molecular weight excluding hydrogens is 298 g/mol. The molecule has 0 atom stereocenters. The Morgan fingerprint density at radius 3 is 2.38 bits per heavy atom. The summed E-state index contributed by atoms with van der Waals surface area (Å²) in [6.07, 6.45) is 1.93. The van der Waals surface area contributed by atoms with Gasteiger partial charge in [0.05, 0.1) is 39.4 Å². The van der Waals surface area contributed by atoms with Gasteiger partial charge in [-0.15, -0.1) is 0 Å². The van der Waals surface area contributed by atoms with Gasteiger partial charge in [-0.1, -0.05) is 29.8 Å². The zero-order valence-electron chi connectivity index (χ0n) is 14.5. The van der Waals surface area contributed by atoms with E-state index in [0.29, 0.717) is 6.61 Å². The van der Waals surface area contributed by atoms with E-state index in [1.54, 1.807) is 4.90 Å². The molecule has 1 saturated heterocycles. The van der Waals surface area contributed by atoms with Crippen molar-refractivity contribution in [1.82, 2.24) is 5.01 Å². The summed E-state index contributed by atoms with van der Waals surface area (Å²) in [7, 11) is 2.23. The molecule has 0 radical (unpaired) electrons. The van der Waals surface area contributed by atoms with Crippen molar-refractivity contribution in [1.29, 1.82) is 0 Å². The summed E-state index contributed by atoms with van der Waals surface area (Å²) in [5, 5.41) is 6.72. The summed E-state index contributed by atoms with van der Waals surface area (Å²) in [5.74, 6) is 0.885. The Balaban J connectivity index is 1.50. The number of aryl methyl sites for hydroxylation is 1. The standard InChI is InChI=1S/C20H25N3O/c1-17-3-5-19(6-4-17)16-24-20-9-7-18(8-10-20)15-21-23-13-11-22(2)12-14-23/h3-10,15H,11-14,16H2,1-2H3/p+1/b21-15-. The van der Waals surface area contributed by atoms with Gasteiger partial charge in [0.1, 0.15) is 12.4 Å². The highest BCUT2D eigenvalue weighted by molar-refractivity contribution is 5.79. The van der Waals surface area contributed by atoms with Gasteiger partial charge >= 0.3 is 0 Å². The maximum Gasteiger partial charge on any atom is 0.119 e. The van der Waals surface area contributed by atoms with Crippen LogP contribution in [0.15, 0.2) is 53.6 Å². The smallest absolute Gasteiger partial charge is 0.119 e. The minimum Gasteiger partial charge on any atom is -0.489 e. The van der Waals surface area contributed by atoms with Crippen LogP contribution in [0.4, 0.5) is 0 Å². The number of hydrogen-bond acceptors (Lipinski definition) is 3. The van der Waals surface area contributed by atoms with Crippen LogP contribution in [-0.2, 0) is 6.61 Å². The number of likely N-dealkylation sites (N-methyl/N-ethyl adjacent to an activating group) is 1. The van der Waals surface area contributed by atoms with Crippen LogP contribution in [0.25, 0.3) is 0 Å². The molecule has 1 fully saturated rings. The van der Waals surface area contributed by atoms with E-state index in [1.807, 2.05) is 18.3 Å². The topological polar surface area (TPSA) is 29.3 Å². The summed E-state index contributed by atoms with van der Waals surface area (Å²) in [4.78, 5) is 1.58. The number of nitrogens with one attached hydrogen (secondary N) is 1. The second-order valence-corrected chi connectivity index (χ2v) is 6.50. The van der Waals surface area contributed by atoms with Crippen LogP contribution >= 0.6 is 0 Å². The lowest BCUT2D eigenvalue weighted by atomic mass is 10.2. The maximum absolute atomic E-state index is 5.84. The highest BCUT2D eigenvalue weighted by atomic mass is 16.5. The SMILES string of the molecule is Cc1ccc(COc2ccc(/C=N\N3CC[NH+](C)CC3)cc2)cc1. The summed E-state index contributed by atoms with van der Waals surface area (Å²) in [6.45, 7) is 7.05. The molecule has 0 amide bonds. The first-order chi connectivity index (χ1) is 11.7. The van der Waals surface area contributed by atoms with Gasteiger partial charge in [-0.25, -0.2) is 0 Å². The van der Waals surface area contributed by atoms with Crippen molar-refractivity contribution >= 4 is 6.21 Å². The minimum atomic E-state index is 0.595. The van der Waals surface area contributed by atoms with E-state index in [0.717, 1.165) is 37.5 Å². The molecule has 3 rings (SSSR count). The Morgan fingerprint density at radius 1 is 1.04 bits per heavy atom. The third-order valence-electron chi connectivity index (χ3n) is 4.37. The van der Waals surface area contributed by atoms with E-state index in [9.17, 15) is 0 Å². The summed E-state index contributed by atoms with van der Waals surface area (Å²) in [5.41, 5.74) is 3.55. The summed E-state index contributed by atoms with van der Waals surface area (Å²) in [6, 6.07) is 16.5. The zero-order valence-corrected chi connectivity index (χ0v) is 14.5. The Bertz CT molecular complexity index is 656. The molecule has 0 aromatic heterocycles. The first-order valence-corrected chi connectivity index (χ1v) is 8.58. The minimum absolute atomic E-state index is 0.595. The molecular formula is C20H26N3O+. The van der Waals surface area contributed by atoms with E-state index < -0.39 is 0 Å². The van der Waals surface area contributed by atoms with E-state index in [1.165, 1.54) is 11.1 Å². The van der Waals surface area contributed by atoms with Crippen LogP contribution in [0.5, 0.6) is 5.75 Å². The fourth-order valence-electron chi connectivity index (χ4n) is 2.64. The number of nitrogens with zero attached hydrogens (tertiary/aromatic N) is 2. The molecule has 0 bridgehead atoms. The molecule has 1 aliphatic rings. The van der Waals surface area contributed by atoms with Crippen molar-refractivity contribution < 1.29 is 9.64 Å². The van der Waals surface area contributed by atoms with Crippen molar-refractivity contribution in [2.45, 2.75) is 13.5 Å². The lowest BCUT2D eigenvalue weighted by Crippen LogP contribution is -3.11. The fraction of sp³-hybridized carbons (Fsp3) is 0.350. The van der Waals surface area contributed by atoms with E-state index in [2.05, 4.69) is 60.5 Å². The first kappa shape index (κ1) is 16.5. The number of piperazine rings is 1. The van der Waals surface area contributed by atoms with Gasteiger partial charge in [0.15, 0.2) is 0 Å². The molecule has 2 aromatic rings. The number of quaternary nitrogens is 1. The van der Waals surface area contributed by atoms with Gasteiger partial charge in [0.25, 0.3) is 0 Å². The van der Waals surface area contributed by atoms with Crippen LogP contribution in [0.2, 0.25) is 0 Å². The molecule has 2 aromatic carbocycles. The molecule has 1 N–H and O–H groups in total. The van der Waals surface area contributed by atoms with Crippen molar-refractivity contribution in [2.75, 3.05) is 33.2 Å². The van der Waals surface area contributed by atoms with Gasteiger partial charge in [0.2, 0.25) is 0 Å². The van der Waals surface area contributed by atoms with Crippen LogP contribution in [-0.4, -0.2) is 44.5 Å². The normalized spacial score (nSPS) is 15.8. The molecule has 0 saturated carbocycles. The number of ether oxygens (including phenoxy) is 1. The lowest BCUT2D eigenvalue weighted by Gasteiger charge is -2.27. The lowest BCUT2D eigenvalue weighted by molar-refractivity contribution is -0.884. The largest absolute Gasteiger partial charge is 0.489 e. The van der Waals surface area contributed by atoms with Crippen LogP contribution in [0.1, 0.15) is 16.7 Å². The zero-order chi connectivity index (χ0) is 16.8. The molecule has 126 valence electrons. The third kappa shape index (κ3) is 4.83. The first-order valence-electron chi connectivity index (χ1n) is 8.58. The number of hydrazone groups is 1. The van der Waals surface area contributed by atoms with Gasteiger partial charge in [-0.2, -0.15) is 5.10 Å². The van der Waals surface area contributed by atoms with E-state index in [4.69, 9.17) is 4.74 Å². The number of rotatable bonds is 5. The molecule has 4 heteroatoms. The van der Waals surface area contributed by atoms with Crippen LogP contribution < -0.4 is 9.64 Å². The third-order valence-corrected chi connectivity index (χ3v) is 4.37. The molecule has 0 unspecified atom stereocenters. The van der Waals surface area contributed by atoms with Crippen molar-refractivity contribution in [2.24, 2.45) is 5.10 Å². The molecule has 1 heterocycles. The molecule has 0 spiro atoms. The monoisotopic (exact) mass is 324 g/mol. The second-order valence-electron chi connectivity index (χ2n) is 6.50. The van der Waals surface area contributed by atoms with Crippen molar-refractivity contribution in [3.05, 3.63) is 65.2 Å². The average Bonchev–Trinajstić information content (AvgIpc) is 2.62. The predicted octanol–water partition coefficient (Wildman–Crippen LogP) is 1.74.